The zero-order chi connectivity index (χ0) is 12.0. The predicted octanol–water partition coefficient (Wildman–Crippen LogP) is 1.05. The van der Waals surface area contributed by atoms with Crippen LogP contribution in [0.4, 0.5) is 0 Å². The number of likely N-dealkylation sites (tertiary alicyclic amines) is 1. The fourth-order valence-electron chi connectivity index (χ4n) is 2.11. The lowest BCUT2D eigenvalue weighted by molar-refractivity contribution is 0.213. The van der Waals surface area contributed by atoms with Gasteiger partial charge in [-0.15, -0.1) is 0 Å². The fourth-order valence-corrected chi connectivity index (χ4v) is 3.22. The van der Waals surface area contributed by atoms with Crippen LogP contribution in [0.2, 0.25) is 0 Å². The number of piperidine rings is 1. The molecule has 1 aliphatic rings. The molecule has 16 heavy (non-hydrogen) atoms. The van der Waals surface area contributed by atoms with Crippen molar-refractivity contribution in [3.8, 4) is 0 Å². The number of sulfonamides is 1. The van der Waals surface area contributed by atoms with E-state index in [0.29, 0.717) is 18.9 Å². The lowest BCUT2D eigenvalue weighted by atomic mass is 9.94. The number of rotatable bonds is 6. The third-order valence-electron chi connectivity index (χ3n) is 3.19. The van der Waals surface area contributed by atoms with Gasteiger partial charge in [0.2, 0.25) is 10.0 Å². The van der Waals surface area contributed by atoms with Crippen LogP contribution in [0.5, 0.6) is 0 Å². The first-order chi connectivity index (χ1) is 7.53. The molecule has 1 heterocycles. The number of nitrogens with one attached hydrogen (secondary N) is 1. The van der Waals surface area contributed by atoms with Gasteiger partial charge in [-0.25, -0.2) is 13.1 Å². The summed E-state index contributed by atoms with van der Waals surface area (Å²) < 4.78 is 25.5. The van der Waals surface area contributed by atoms with E-state index in [1.165, 1.54) is 12.8 Å². The second-order valence-corrected chi connectivity index (χ2v) is 6.67. The van der Waals surface area contributed by atoms with E-state index >= 15 is 0 Å². The summed E-state index contributed by atoms with van der Waals surface area (Å²) in [6.45, 7) is 4.78. The van der Waals surface area contributed by atoms with Crippen molar-refractivity contribution in [1.82, 2.24) is 9.62 Å². The zero-order valence-electron chi connectivity index (χ0n) is 10.4. The molecular weight excluding hydrogens is 224 g/mol. The van der Waals surface area contributed by atoms with E-state index in [-0.39, 0.29) is 5.75 Å². The fraction of sp³-hybridized carbons (Fsp3) is 1.00. The van der Waals surface area contributed by atoms with E-state index < -0.39 is 10.0 Å². The molecule has 1 saturated heterocycles. The van der Waals surface area contributed by atoms with Crippen LogP contribution in [0, 0.1) is 5.92 Å². The molecule has 0 bridgehead atoms. The lowest BCUT2D eigenvalue weighted by Gasteiger charge is -2.28. The topological polar surface area (TPSA) is 49.4 Å². The number of hydrogen-bond acceptors (Lipinski definition) is 3. The average Bonchev–Trinajstić information content (AvgIpc) is 2.20. The van der Waals surface area contributed by atoms with Crippen LogP contribution in [-0.4, -0.2) is 45.8 Å². The highest BCUT2D eigenvalue weighted by Crippen LogP contribution is 2.18. The van der Waals surface area contributed by atoms with E-state index in [2.05, 4.69) is 16.7 Å². The molecule has 0 radical (unpaired) electrons. The predicted molar refractivity (Wildman–Crippen MR) is 66.9 cm³/mol. The minimum absolute atomic E-state index is 0.250. The van der Waals surface area contributed by atoms with Gasteiger partial charge < -0.3 is 4.90 Å². The quantitative estimate of drug-likeness (QED) is 0.764. The normalized spacial score (nSPS) is 20.1. The molecular formula is C11H24N2O2S. The average molecular weight is 248 g/mol. The minimum Gasteiger partial charge on any atom is -0.306 e. The second-order valence-electron chi connectivity index (χ2n) is 4.75. The Morgan fingerprint density at radius 2 is 1.94 bits per heavy atom. The summed E-state index contributed by atoms with van der Waals surface area (Å²) in [6, 6.07) is 0. The van der Waals surface area contributed by atoms with E-state index in [4.69, 9.17) is 0 Å². The van der Waals surface area contributed by atoms with Crippen LogP contribution in [0.25, 0.3) is 0 Å². The summed E-state index contributed by atoms with van der Waals surface area (Å²) in [6.07, 6.45) is 4.07. The van der Waals surface area contributed by atoms with Crippen molar-refractivity contribution in [3.05, 3.63) is 0 Å². The Labute approximate surface area is 99.5 Å². The van der Waals surface area contributed by atoms with E-state index in [1.807, 2.05) is 6.92 Å². The molecule has 0 unspecified atom stereocenters. The van der Waals surface area contributed by atoms with Gasteiger partial charge in [0.1, 0.15) is 0 Å². The van der Waals surface area contributed by atoms with Crippen LogP contribution in [-0.2, 0) is 10.0 Å². The Hall–Kier alpha value is -0.130. The second kappa shape index (κ2) is 6.57. The van der Waals surface area contributed by atoms with Crippen molar-refractivity contribution < 1.29 is 8.42 Å². The van der Waals surface area contributed by atoms with Gasteiger partial charge in [-0.3, -0.25) is 0 Å². The maximum Gasteiger partial charge on any atom is 0.211 e. The minimum atomic E-state index is -3.00. The summed E-state index contributed by atoms with van der Waals surface area (Å²) >= 11 is 0. The number of nitrogens with zero attached hydrogens (tertiary/aromatic N) is 1. The molecule has 5 heteroatoms. The molecule has 1 rings (SSSR count). The molecule has 0 saturated carbocycles. The van der Waals surface area contributed by atoms with Gasteiger partial charge in [0.15, 0.2) is 0 Å². The smallest absolute Gasteiger partial charge is 0.211 e. The molecule has 0 aromatic rings. The van der Waals surface area contributed by atoms with Gasteiger partial charge in [-0.05, 0) is 51.7 Å². The maximum atomic E-state index is 11.4. The highest BCUT2D eigenvalue weighted by Gasteiger charge is 2.17. The van der Waals surface area contributed by atoms with Crippen molar-refractivity contribution in [3.63, 3.8) is 0 Å². The molecule has 0 amide bonds. The number of hydrogen-bond donors (Lipinski definition) is 1. The Bertz CT molecular complexity index is 282. The summed E-state index contributed by atoms with van der Waals surface area (Å²) in [7, 11) is -0.865. The Balaban J connectivity index is 2.16. The van der Waals surface area contributed by atoms with Gasteiger partial charge in [0.25, 0.3) is 0 Å². The van der Waals surface area contributed by atoms with Crippen molar-refractivity contribution in [1.29, 1.82) is 0 Å². The molecule has 0 atom stereocenters. The molecule has 0 aromatic heterocycles. The first kappa shape index (κ1) is 13.9. The van der Waals surface area contributed by atoms with Gasteiger partial charge >= 0.3 is 0 Å². The first-order valence-electron chi connectivity index (χ1n) is 6.19. The van der Waals surface area contributed by atoms with Gasteiger partial charge in [-0.1, -0.05) is 6.92 Å². The third kappa shape index (κ3) is 5.27. The van der Waals surface area contributed by atoms with Crippen LogP contribution >= 0.6 is 0 Å². The summed E-state index contributed by atoms with van der Waals surface area (Å²) in [5.41, 5.74) is 0. The first-order valence-corrected chi connectivity index (χ1v) is 7.84. The van der Waals surface area contributed by atoms with Crippen LogP contribution in [0.15, 0.2) is 0 Å². The molecule has 0 aliphatic carbocycles. The van der Waals surface area contributed by atoms with E-state index in [1.54, 1.807) is 0 Å². The van der Waals surface area contributed by atoms with Crippen LogP contribution in [0.3, 0.4) is 0 Å². The van der Waals surface area contributed by atoms with Crippen molar-refractivity contribution >= 4 is 10.0 Å². The summed E-state index contributed by atoms with van der Waals surface area (Å²) in [4.78, 5) is 2.33. The van der Waals surface area contributed by atoms with Gasteiger partial charge in [0.05, 0.1) is 5.75 Å². The van der Waals surface area contributed by atoms with Crippen LogP contribution in [0.1, 0.15) is 32.6 Å². The molecule has 1 N–H and O–H groups in total. The van der Waals surface area contributed by atoms with Crippen molar-refractivity contribution in [2.24, 2.45) is 5.92 Å². The Kier molecular flexibility index (Phi) is 5.72. The third-order valence-corrected chi connectivity index (χ3v) is 4.78. The van der Waals surface area contributed by atoms with Crippen molar-refractivity contribution in [2.75, 3.05) is 32.4 Å². The molecule has 1 fully saturated rings. The maximum absolute atomic E-state index is 11.4. The molecule has 1 aliphatic heterocycles. The molecule has 96 valence electrons. The SMILES string of the molecule is CCCS(=O)(=O)NCCC1CCN(C)CC1. The molecule has 0 spiro atoms. The van der Waals surface area contributed by atoms with E-state index in [9.17, 15) is 8.42 Å². The van der Waals surface area contributed by atoms with Crippen LogP contribution < -0.4 is 4.72 Å². The highest BCUT2D eigenvalue weighted by molar-refractivity contribution is 7.89. The lowest BCUT2D eigenvalue weighted by Crippen LogP contribution is -2.33. The zero-order valence-corrected chi connectivity index (χ0v) is 11.2. The van der Waals surface area contributed by atoms with E-state index in [0.717, 1.165) is 19.5 Å². The van der Waals surface area contributed by atoms with Gasteiger partial charge in [-0.2, -0.15) is 0 Å². The standard InChI is InChI=1S/C11H24N2O2S/c1-3-10-16(14,15)12-7-4-11-5-8-13(2)9-6-11/h11-12H,3-10H2,1-2H3. The summed E-state index contributed by atoms with van der Waals surface area (Å²) in [5, 5.41) is 0. The van der Waals surface area contributed by atoms with Gasteiger partial charge in [0, 0.05) is 6.54 Å². The highest BCUT2D eigenvalue weighted by atomic mass is 32.2. The molecule has 0 aromatic carbocycles. The van der Waals surface area contributed by atoms with Crippen molar-refractivity contribution in [2.45, 2.75) is 32.6 Å². The Morgan fingerprint density at radius 3 is 2.50 bits per heavy atom. The largest absolute Gasteiger partial charge is 0.306 e. The summed E-state index contributed by atoms with van der Waals surface area (Å²) in [5.74, 6) is 0.945. The Morgan fingerprint density at radius 1 is 1.31 bits per heavy atom. The molecule has 4 nitrogen and oxygen atoms in total. The monoisotopic (exact) mass is 248 g/mol.